The van der Waals surface area contributed by atoms with Gasteiger partial charge < -0.3 is 19.8 Å². The van der Waals surface area contributed by atoms with Crippen LogP contribution in [0.2, 0.25) is 0 Å². The molecule has 0 aliphatic rings. The minimum atomic E-state index is -1.26. The molecule has 1 aromatic carbocycles. The van der Waals surface area contributed by atoms with Crippen LogP contribution in [0.25, 0.3) is 10.9 Å². The van der Waals surface area contributed by atoms with Gasteiger partial charge in [0.25, 0.3) is 0 Å². The van der Waals surface area contributed by atoms with E-state index in [1.807, 2.05) is 42.1 Å². The lowest BCUT2D eigenvalue weighted by molar-refractivity contribution is -0.134. The lowest BCUT2D eigenvalue weighted by atomic mass is 10.0. The molecule has 0 bridgehead atoms. The molecule has 158 valence electrons. The van der Waals surface area contributed by atoms with E-state index in [1.165, 1.54) is 0 Å². The lowest BCUT2D eigenvalue weighted by Gasteiger charge is -2.01. The van der Waals surface area contributed by atoms with Gasteiger partial charge >= 0.3 is 11.9 Å². The maximum absolute atomic E-state index is 12.6. The zero-order chi connectivity index (χ0) is 22.1. The first-order valence-electron chi connectivity index (χ1n) is 9.55. The van der Waals surface area contributed by atoms with E-state index in [4.69, 9.17) is 10.2 Å². The number of ketones is 1. The summed E-state index contributed by atoms with van der Waals surface area (Å²) in [6.07, 6.45) is 8.03. The molecule has 3 aromatic rings. The van der Waals surface area contributed by atoms with Crippen molar-refractivity contribution in [1.29, 1.82) is 0 Å². The number of carbonyl (C=O) groups is 3. The highest BCUT2D eigenvalue weighted by molar-refractivity contribution is 6.08. The SMILES string of the molecule is CCCc1[nH]cnc1CCC(=O)c1cn(C)c2ccccc12.O=C(O)/C=C\C(=O)O. The molecule has 0 aliphatic carbocycles. The van der Waals surface area contributed by atoms with Gasteiger partial charge in [0, 0.05) is 54.0 Å². The molecule has 0 radical (unpaired) electrons. The quantitative estimate of drug-likeness (QED) is 0.385. The van der Waals surface area contributed by atoms with Crippen molar-refractivity contribution in [2.75, 3.05) is 0 Å². The summed E-state index contributed by atoms with van der Waals surface area (Å²) >= 11 is 0. The average Bonchev–Trinajstić information content (AvgIpc) is 3.30. The van der Waals surface area contributed by atoms with E-state index in [-0.39, 0.29) is 5.78 Å². The number of aliphatic carboxylic acids is 2. The van der Waals surface area contributed by atoms with Crippen LogP contribution in [0.4, 0.5) is 0 Å². The van der Waals surface area contributed by atoms with Gasteiger partial charge in [0.15, 0.2) is 5.78 Å². The van der Waals surface area contributed by atoms with E-state index in [0.717, 1.165) is 40.7 Å². The number of aromatic nitrogens is 3. The van der Waals surface area contributed by atoms with Gasteiger partial charge in [-0.25, -0.2) is 14.6 Å². The number of imidazole rings is 1. The third kappa shape index (κ3) is 6.16. The molecule has 8 nitrogen and oxygen atoms in total. The number of benzene rings is 1. The number of carboxylic acids is 2. The number of carbonyl (C=O) groups excluding carboxylic acids is 1. The Hall–Kier alpha value is -3.68. The van der Waals surface area contributed by atoms with Crippen LogP contribution in [0, 0.1) is 0 Å². The Morgan fingerprint density at radius 3 is 2.40 bits per heavy atom. The number of aryl methyl sites for hydroxylation is 3. The topological polar surface area (TPSA) is 125 Å². The number of aromatic amines is 1. The minimum Gasteiger partial charge on any atom is -0.478 e. The van der Waals surface area contributed by atoms with E-state index < -0.39 is 11.9 Å². The maximum atomic E-state index is 12.6. The first-order valence-corrected chi connectivity index (χ1v) is 9.55. The summed E-state index contributed by atoms with van der Waals surface area (Å²) < 4.78 is 2.01. The van der Waals surface area contributed by atoms with Crippen molar-refractivity contribution in [3.8, 4) is 0 Å². The molecule has 0 spiro atoms. The maximum Gasteiger partial charge on any atom is 0.328 e. The Bertz CT molecular complexity index is 1050. The van der Waals surface area contributed by atoms with E-state index in [1.54, 1.807) is 6.33 Å². The summed E-state index contributed by atoms with van der Waals surface area (Å²) in [4.78, 5) is 39.2. The highest BCUT2D eigenvalue weighted by Gasteiger charge is 2.15. The van der Waals surface area contributed by atoms with Crippen molar-refractivity contribution in [2.24, 2.45) is 7.05 Å². The van der Waals surface area contributed by atoms with Crippen LogP contribution < -0.4 is 0 Å². The predicted octanol–water partition coefficient (Wildman–Crippen LogP) is 3.38. The van der Waals surface area contributed by atoms with Gasteiger partial charge in [-0.15, -0.1) is 0 Å². The molecule has 0 amide bonds. The molecule has 0 atom stereocenters. The van der Waals surface area contributed by atoms with Gasteiger partial charge in [0.1, 0.15) is 0 Å². The summed E-state index contributed by atoms with van der Waals surface area (Å²) in [6, 6.07) is 8.03. The minimum absolute atomic E-state index is 0.183. The Morgan fingerprint density at radius 2 is 1.77 bits per heavy atom. The first kappa shape index (κ1) is 22.6. The fourth-order valence-electron chi connectivity index (χ4n) is 3.10. The van der Waals surface area contributed by atoms with E-state index >= 15 is 0 Å². The molecule has 8 heteroatoms. The normalized spacial score (nSPS) is 10.7. The first-order chi connectivity index (χ1) is 14.3. The van der Waals surface area contributed by atoms with E-state index in [0.29, 0.717) is 25.0 Å². The van der Waals surface area contributed by atoms with Crippen molar-refractivity contribution >= 4 is 28.6 Å². The molecular formula is C22H25N3O5. The van der Waals surface area contributed by atoms with Gasteiger partial charge in [0.05, 0.1) is 12.0 Å². The molecule has 0 saturated heterocycles. The van der Waals surface area contributed by atoms with Crippen LogP contribution in [-0.2, 0) is 29.5 Å². The highest BCUT2D eigenvalue weighted by atomic mass is 16.4. The van der Waals surface area contributed by atoms with E-state index in [9.17, 15) is 14.4 Å². The van der Waals surface area contributed by atoms with Gasteiger partial charge in [-0.2, -0.15) is 0 Å². The van der Waals surface area contributed by atoms with E-state index in [2.05, 4.69) is 16.9 Å². The van der Waals surface area contributed by atoms with Gasteiger partial charge in [-0.1, -0.05) is 31.5 Å². The molecule has 0 aliphatic heterocycles. The second-order valence-corrected chi connectivity index (χ2v) is 6.68. The van der Waals surface area contributed by atoms with Crippen LogP contribution in [0.1, 0.15) is 41.5 Å². The molecule has 3 rings (SSSR count). The molecular weight excluding hydrogens is 386 g/mol. The van der Waals surface area contributed by atoms with Crippen LogP contribution in [0.5, 0.6) is 0 Å². The number of rotatable bonds is 8. The number of hydrogen-bond donors (Lipinski definition) is 3. The highest BCUT2D eigenvalue weighted by Crippen LogP contribution is 2.22. The van der Waals surface area contributed by atoms with Crippen LogP contribution in [0.3, 0.4) is 0 Å². The summed E-state index contributed by atoms with van der Waals surface area (Å²) in [5.74, 6) is -2.33. The molecule has 2 heterocycles. The fourth-order valence-corrected chi connectivity index (χ4v) is 3.10. The summed E-state index contributed by atoms with van der Waals surface area (Å²) in [5.41, 5.74) is 4.09. The Morgan fingerprint density at radius 1 is 1.10 bits per heavy atom. The number of carboxylic acid groups (broad SMARTS) is 2. The predicted molar refractivity (Wildman–Crippen MR) is 113 cm³/mol. The lowest BCUT2D eigenvalue weighted by Crippen LogP contribution is -2.02. The third-order valence-corrected chi connectivity index (χ3v) is 4.46. The fraction of sp³-hybridized carbons (Fsp3) is 0.273. The monoisotopic (exact) mass is 411 g/mol. The smallest absolute Gasteiger partial charge is 0.328 e. The summed E-state index contributed by atoms with van der Waals surface area (Å²) in [6.45, 7) is 2.14. The molecule has 0 saturated carbocycles. The van der Waals surface area contributed by atoms with Gasteiger partial charge in [0.2, 0.25) is 0 Å². The largest absolute Gasteiger partial charge is 0.478 e. The molecule has 0 unspecified atom stereocenters. The van der Waals surface area contributed by atoms with Crippen molar-refractivity contribution < 1.29 is 24.6 Å². The van der Waals surface area contributed by atoms with Crippen molar-refractivity contribution in [3.63, 3.8) is 0 Å². The van der Waals surface area contributed by atoms with Crippen molar-refractivity contribution in [3.05, 3.63) is 65.9 Å². The second-order valence-electron chi connectivity index (χ2n) is 6.68. The molecule has 2 aromatic heterocycles. The molecule has 0 fully saturated rings. The van der Waals surface area contributed by atoms with Gasteiger partial charge in [-0.05, 0) is 18.9 Å². The summed E-state index contributed by atoms with van der Waals surface area (Å²) in [7, 11) is 1.98. The Kier molecular flexibility index (Phi) is 8.10. The van der Waals surface area contributed by atoms with Crippen molar-refractivity contribution in [1.82, 2.24) is 14.5 Å². The third-order valence-electron chi connectivity index (χ3n) is 4.46. The zero-order valence-corrected chi connectivity index (χ0v) is 17.0. The number of fused-ring (bicyclic) bond motifs is 1. The average molecular weight is 411 g/mol. The Labute approximate surface area is 173 Å². The second kappa shape index (κ2) is 10.8. The number of Topliss-reactive ketones (excluding diaryl/α,β-unsaturated/α-hetero) is 1. The Balaban J connectivity index is 0.000000343. The van der Waals surface area contributed by atoms with Crippen LogP contribution >= 0.6 is 0 Å². The van der Waals surface area contributed by atoms with Crippen LogP contribution in [-0.4, -0.2) is 42.5 Å². The standard InChI is InChI=1S/C18H21N3O.C4H4O4/c1-3-6-15-16(20-12-19-15)9-10-18(22)14-11-21(2)17-8-5-4-7-13(14)17;5-3(6)1-2-4(7)8/h4-5,7-8,11-12H,3,6,9-10H2,1-2H3,(H,19,20);1-2H,(H,5,6)(H,7,8)/b;2-1-. The number of H-pyrrole nitrogens is 1. The number of para-hydroxylation sites is 1. The number of hydrogen-bond acceptors (Lipinski definition) is 4. The zero-order valence-electron chi connectivity index (χ0n) is 17.0. The number of nitrogens with one attached hydrogen (secondary N) is 1. The summed E-state index contributed by atoms with van der Waals surface area (Å²) in [5, 5.41) is 16.7. The molecule has 30 heavy (non-hydrogen) atoms. The van der Waals surface area contributed by atoms with Crippen molar-refractivity contribution in [2.45, 2.75) is 32.6 Å². The van der Waals surface area contributed by atoms with Gasteiger partial charge in [-0.3, -0.25) is 4.79 Å². The number of nitrogens with zero attached hydrogens (tertiary/aromatic N) is 2. The molecule has 3 N–H and O–H groups in total. The van der Waals surface area contributed by atoms with Crippen LogP contribution in [0.15, 0.2) is 48.9 Å².